The van der Waals surface area contributed by atoms with Crippen LogP contribution in [0.5, 0.6) is 0 Å². The summed E-state index contributed by atoms with van der Waals surface area (Å²) in [6.07, 6.45) is 0.546. The zero-order chi connectivity index (χ0) is 17.8. The Morgan fingerprint density at radius 2 is 2.16 bits per heavy atom. The van der Waals surface area contributed by atoms with E-state index in [2.05, 4.69) is 17.3 Å². The highest BCUT2D eigenvalue weighted by atomic mass is 35.5. The first-order valence-corrected chi connectivity index (χ1v) is 8.57. The third-order valence-corrected chi connectivity index (χ3v) is 4.62. The zero-order valence-electron chi connectivity index (χ0n) is 14.0. The number of amides is 1. The third-order valence-electron chi connectivity index (χ3n) is 4.33. The van der Waals surface area contributed by atoms with Gasteiger partial charge in [-0.25, -0.2) is 9.18 Å². The minimum Gasteiger partial charge on any atom is -0.449 e. The summed E-state index contributed by atoms with van der Waals surface area (Å²) >= 11 is 5.86. The molecule has 1 saturated heterocycles. The molecule has 1 N–H and O–H groups in total. The smallest absolute Gasteiger partial charge is 0.411 e. The molecule has 1 fully saturated rings. The van der Waals surface area contributed by atoms with E-state index in [0.29, 0.717) is 18.2 Å². The van der Waals surface area contributed by atoms with E-state index in [1.807, 2.05) is 18.2 Å². The average Bonchev–Trinajstić information content (AvgIpc) is 3.02. The number of halogens is 2. The third kappa shape index (κ3) is 4.50. The van der Waals surface area contributed by atoms with Gasteiger partial charge in [-0.1, -0.05) is 35.9 Å². The summed E-state index contributed by atoms with van der Waals surface area (Å²) in [5.74, 6) is -0.0984. The number of nitrogens with one attached hydrogen (secondary N) is 1. The number of hydrogen-bond donors (Lipinski definition) is 1. The number of rotatable bonds is 4. The van der Waals surface area contributed by atoms with E-state index < -0.39 is 11.9 Å². The molecule has 132 valence electrons. The summed E-state index contributed by atoms with van der Waals surface area (Å²) in [6, 6.07) is 11.7. The molecule has 0 bridgehead atoms. The van der Waals surface area contributed by atoms with Gasteiger partial charge in [0, 0.05) is 18.0 Å². The number of para-hydroxylation sites is 1. The Balaban J connectivity index is 1.68. The fourth-order valence-corrected chi connectivity index (χ4v) is 3.19. The maximum Gasteiger partial charge on any atom is 0.411 e. The minimum atomic E-state index is -0.491. The number of hydrogen-bond acceptors (Lipinski definition) is 3. The molecular weight excluding hydrogens is 343 g/mol. The lowest BCUT2D eigenvalue weighted by Crippen LogP contribution is -2.21. The van der Waals surface area contributed by atoms with E-state index in [1.54, 1.807) is 12.1 Å². The second kappa shape index (κ2) is 7.85. The SMILES string of the molecule is CN1CCC(COC(=O)Nc2ccccc2-c2ccc(F)c(Cl)c2)C1. The average molecular weight is 363 g/mol. The van der Waals surface area contributed by atoms with Gasteiger partial charge in [0.15, 0.2) is 0 Å². The van der Waals surface area contributed by atoms with Crippen LogP contribution < -0.4 is 5.32 Å². The summed E-state index contributed by atoms with van der Waals surface area (Å²) in [5.41, 5.74) is 2.07. The van der Waals surface area contributed by atoms with Gasteiger partial charge in [0.05, 0.1) is 17.3 Å². The second-order valence-corrected chi connectivity index (χ2v) is 6.72. The normalized spacial score (nSPS) is 17.5. The van der Waals surface area contributed by atoms with Gasteiger partial charge in [0.25, 0.3) is 0 Å². The van der Waals surface area contributed by atoms with Crippen molar-refractivity contribution in [1.29, 1.82) is 0 Å². The number of ether oxygens (including phenoxy) is 1. The topological polar surface area (TPSA) is 41.6 Å². The summed E-state index contributed by atoms with van der Waals surface area (Å²) in [4.78, 5) is 14.3. The molecule has 6 heteroatoms. The highest BCUT2D eigenvalue weighted by Gasteiger charge is 2.21. The predicted molar refractivity (Wildman–Crippen MR) is 97.4 cm³/mol. The minimum absolute atomic E-state index is 0.0419. The monoisotopic (exact) mass is 362 g/mol. The van der Waals surface area contributed by atoms with Crippen LogP contribution in [-0.2, 0) is 4.74 Å². The molecule has 0 aliphatic carbocycles. The molecule has 0 aromatic heterocycles. The number of carbonyl (C=O) groups is 1. The fraction of sp³-hybridized carbons (Fsp3) is 0.316. The second-order valence-electron chi connectivity index (χ2n) is 6.31. The van der Waals surface area contributed by atoms with Crippen LogP contribution in [0.3, 0.4) is 0 Å². The van der Waals surface area contributed by atoms with E-state index >= 15 is 0 Å². The molecule has 1 unspecified atom stereocenters. The van der Waals surface area contributed by atoms with E-state index in [-0.39, 0.29) is 5.02 Å². The Morgan fingerprint density at radius 3 is 2.88 bits per heavy atom. The van der Waals surface area contributed by atoms with Crippen LogP contribution in [0, 0.1) is 11.7 Å². The van der Waals surface area contributed by atoms with Crippen molar-refractivity contribution in [3.05, 3.63) is 53.3 Å². The molecule has 1 heterocycles. The van der Waals surface area contributed by atoms with E-state index in [0.717, 1.165) is 30.6 Å². The first-order valence-electron chi connectivity index (χ1n) is 8.19. The summed E-state index contributed by atoms with van der Waals surface area (Å²) in [6.45, 7) is 2.38. The van der Waals surface area contributed by atoms with Gasteiger partial charge in [0.1, 0.15) is 5.82 Å². The Bertz CT molecular complexity index is 769. The number of carbonyl (C=O) groups excluding carboxylic acids is 1. The molecule has 0 spiro atoms. The van der Waals surface area contributed by atoms with Crippen LogP contribution in [-0.4, -0.2) is 37.7 Å². The Kier molecular flexibility index (Phi) is 5.56. The quantitative estimate of drug-likeness (QED) is 0.861. The molecule has 3 rings (SSSR count). The molecule has 0 radical (unpaired) electrons. The number of likely N-dealkylation sites (tertiary alicyclic amines) is 1. The lowest BCUT2D eigenvalue weighted by Gasteiger charge is -2.14. The van der Waals surface area contributed by atoms with Gasteiger partial charge in [-0.2, -0.15) is 0 Å². The number of anilines is 1. The Morgan fingerprint density at radius 1 is 1.36 bits per heavy atom. The largest absolute Gasteiger partial charge is 0.449 e. The molecule has 1 atom stereocenters. The van der Waals surface area contributed by atoms with Gasteiger partial charge in [-0.05, 0) is 43.8 Å². The molecule has 2 aromatic carbocycles. The van der Waals surface area contributed by atoms with Crippen LogP contribution in [0.4, 0.5) is 14.9 Å². The highest BCUT2D eigenvalue weighted by Crippen LogP contribution is 2.30. The summed E-state index contributed by atoms with van der Waals surface area (Å²) in [7, 11) is 2.06. The van der Waals surface area contributed by atoms with Gasteiger partial charge in [0.2, 0.25) is 0 Å². The molecule has 1 amide bonds. The lowest BCUT2D eigenvalue weighted by molar-refractivity contribution is 0.142. The molecule has 25 heavy (non-hydrogen) atoms. The Hall–Kier alpha value is -2.11. The molecule has 1 aliphatic heterocycles. The lowest BCUT2D eigenvalue weighted by atomic mass is 10.0. The van der Waals surface area contributed by atoms with Crippen molar-refractivity contribution < 1.29 is 13.9 Å². The van der Waals surface area contributed by atoms with E-state index in [9.17, 15) is 9.18 Å². The van der Waals surface area contributed by atoms with Gasteiger partial charge >= 0.3 is 6.09 Å². The molecule has 2 aromatic rings. The standard InChI is InChI=1S/C19H20ClFN2O2/c1-23-9-8-13(11-23)12-25-19(24)22-18-5-3-2-4-15(18)14-6-7-17(21)16(20)10-14/h2-7,10,13H,8-9,11-12H2,1H3,(H,22,24). The van der Waals surface area contributed by atoms with Crippen LogP contribution in [0.2, 0.25) is 5.02 Å². The zero-order valence-corrected chi connectivity index (χ0v) is 14.7. The van der Waals surface area contributed by atoms with Crippen LogP contribution in [0.15, 0.2) is 42.5 Å². The maximum absolute atomic E-state index is 13.4. The van der Waals surface area contributed by atoms with Gasteiger partial charge in [-0.15, -0.1) is 0 Å². The van der Waals surface area contributed by atoms with Gasteiger partial charge < -0.3 is 9.64 Å². The highest BCUT2D eigenvalue weighted by molar-refractivity contribution is 6.31. The van der Waals surface area contributed by atoms with Crippen molar-refractivity contribution in [3.8, 4) is 11.1 Å². The summed E-state index contributed by atoms with van der Waals surface area (Å²) < 4.78 is 18.7. The van der Waals surface area contributed by atoms with Crippen molar-refractivity contribution >= 4 is 23.4 Å². The number of benzene rings is 2. The van der Waals surface area contributed by atoms with Crippen molar-refractivity contribution in [1.82, 2.24) is 4.90 Å². The van der Waals surface area contributed by atoms with Crippen molar-refractivity contribution in [2.24, 2.45) is 5.92 Å². The first kappa shape index (κ1) is 17.7. The maximum atomic E-state index is 13.4. The van der Waals surface area contributed by atoms with E-state index in [1.165, 1.54) is 12.1 Å². The molecule has 0 saturated carbocycles. The van der Waals surface area contributed by atoms with Crippen molar-refractivity contribution in [2.75, 3.05) is 32.1 Å². The van der Waals surface area contributed by atoms with Crippen LogP contribution in [0.25, 0.3) is 11.1 Å². The van der Waals surface area contributed by atoms with E-state index in [4.69, 9.17) is 16.3 Å². The number of nitrogens with zero attached hydrogens (tertiary/aromatic N) is 1. The fourth-order valence-electron chi connectivity index (χ4n) is 3.01. The van der Waals surface area contributed by atoms with Gasteiger partial charge in [-0.3, -0.25) is 5.32 Å². The predicted octanol–water partition coefficient (Wildman–Crippen LogP) is 4.65. The first-order chi connectivity index (χ1) is 12.0. The molecular formula is C19H20ClFN2O2. The van der Waals surface area contributed by atoms with Crippen LogP contribution in [0.1, 0.15) is 6.42 Å². The molecule has 1 aliphatic rings. The molecule has 4 nitrogen and oxygen atoms in total. The van der Waals surface area contributed by atoms with Crippen molar-refractivity contribution in [3.63, 3.8) is 0 Å². The van der Waals surface area contributed by atoms with Crippen molar-refractivity contribution in [2.45, 2.75) is 6.42 Å². The summed E-state index contributed by atoms with van der Waals surface area (Å²) in [5, 5.41) is 2.81. The Labute approximate surface area is 151 Å². The van der Waals surface area contributed by atoms with Crippen LogP contribution >= 0.6 is 11.6 Å².